The largest absolute Gasteiger partial charge is 0.491 e. The third kappa shape index (κ3) is 4.97. The quantitative estimate of drug-likeness (QED) is 0.268. The molecule has 1 fully saturated rings. The Balaban J connectivity index is 1.53. The second-order valence-corrected chi connectivity index (χ2v) is 8.33. The van der Waals surface area contributed by atoms with Gasteiger partial charge in [-0.2, -0.15) is 4.39 Å². The minimum absolute atomic E-state index is 0.0858. The Hall–Kier alpha value is -3.08. The molecule has 0 heterocycles. The molecule has 0 saturated heterocycles. The Morgan fingerprint density at radius 3 is 2.18 bits per heavy atom. The zero-order chi connectivity index (χ0) is 23.4. The molecule has 0 aromatic heterocycles. The molecule has 5 heteroatoms. The molecule has 0 aliphatic heterocycles. The Labute approximate surface area is 191 Å². The average molecular weight is 455 g/mol. The molecule has 1 nitrogen and oxygen atoms in total. The SMILES string of the molecule is CCOc1ccc(/C=C/c2ccc(-c3ccc(C4CCCCC4)c(F)c3F)cc2)c(F)c1F. The summed E-state index contributed by atoms with van der Waals surface area (Å²) in [5.74, 6) is -3.62. The lowest BCUT2D eigenvalue weighted by Crippen LogP contribution is -2.08. The van der Waals surface area contributed by atoms with Crippen molar-refractivity contribution in [3.63, 3.8) is 0 Å². The molecule has 3 aromatic carbocycles. The molecule has 3 aromatic rings. The fraction of sp³-hybridized carbons (Fsp3) is 0.286. The Morgan fingerprint density at radius 1 is 0.758 bits per heavy atom. The molecular formula is C28H26F4O. The van der Waals surface area contributed by atoms with Crippen LogP contribution in [0.5, 0.6) is 5.75 Å². The molecule has 0 amide bonds. The van der Waals surface area contributed by atoms with Gasteiger partial charge in [-0.3, -0.25) is 0 Å². The van der Waals surface area contributed by atoms with Gasteiger partial charge in [0.15, 0.2) is 23.2 Å². The van der Waals surface area contributed by atoms with Gasteiger partial charge in [-0.15, -0.1) is 0 Å². The van der Waals surface area contributed by atoms with E-state index in [0.717, 1.165) is 32.1 Å². The van der Waals surface area contributed by atoms with Crippen LogP contribution in [0.2, 0.25) is 0 Å². The van der Waals surface area contributed by atoms with Gasteiger partial charge in [0, 0.05) is 11.1 Å². The summed E-state index contributed by atoms with van der Waals surface area (Å²) < 4.78 is 63.0. The molecule has 1 saturated carbocycles. The summed E-state index contributed by atoms with van der Waals surface area (Å²) in [5, 5.41) is 0. The maximum Gasteiger partial charge on any atom is 0.201 e. The minimum Gasteiger partial charge on any atom is -0.491 e. The van der Waals surface area contributed by atoms with Crippen molar-refractivity contribution >= 4 is 12.2 Å². The lowest BCUT2D eigenvalue weighted by atomic mass is 9.83. The molecule has 0 bridgehead atoms. The second kappa shape index (κ2) is 10.2. The van der Waals surface area contributed by atoms with Crippen LogP contribution in [-0.4, -0.2) is 6.61 Å². The van der Waals surface area contributed by atoms with Crippen molar-refractivity contribution in [2.24, 2.45) is 0 Å². The van der Waals surface area contributed by atoms with Crippen molar-refractivity contribution in [3.05, 3.63) is 88.5 Å². The van der Waals surface area contributed by atoms with Crippen LogP contribution in [0.3, 0.4) is 0 Å². The van der Waals surface area contributed by atoms with Crippen molar-refractivity contribution in [2.75, 3.05) is 6.61 Å². The lowest BCUT2D eigenvalue weighted by molar-refractivity contribution is 0.314. The van der Waals surface area contributed by atoms with Crippen LogP contribution in [0.4, 0.5) is 17.6 Å². The van der Waals surface area contributed by atoms with Crippen molar-refractivity contribution in [2.45, 2.75) is 44.9 Å². The highest BCUT2D eigenvalue weighted by Crippen LogP contribution is 2.37. The number of ether oxygens (including phenoxy) is 1. The molecule has 33 heavy (non-hydrogen) atoms. The van der Waals surface area contributed by atoms with Gasteiger partial charge in [0.1, 0.15) is 0 Å². The highest BCUT2D eigenvalue weighted by atomic mass is 19.2. The van der Waals surface area contributed by atoms with Crippen LogP contribution in [0, 0.1) is 23.3 Å². The predicted molar refractivity (Wildman–Crippen MR) is 124 cm³/mol. The van der Waals surface area contributed by atoms with Crippen molar-refractivity contribution in [1.29, 1.82) is 0 Å². The fourth-order valence-corrected chi connectivity index (χ4v) is 4.42. The van der Waals surface area contributed by atoms with Crippen LogP contribution in [0.15, 0.2) is 48.5 Å². The van der Waals surface area contributed by atoms with Crippen molar-refractivity contribution in [3.8, 4) is 16.9 Å². The Kier molecular flexibility index (Phi) is 7.17. The third-order valence-corrected chi connectivity index (χ3v) is 6.21. The number of halogens is 4. The monoisotopic (exact) mass is 454 g/mol. The van der Waals surface area contributed by atoms with Crippen LogP contribution in [0.25, 0.3) is 23.3 Å². The molecule has 0 unspecified atom stereocenters. The van der Waals surface area contributed by atoms with Gasteiger partial charge in [-0.1, -0.05) is 67.8 Å². The summed E-state index contributed by atoms with van der Waals surface area (Å²) in [6.45, 7) is 1.94. The predicted octanol–water partition coefficient (Wildman–Crippen LogP) is 8.53. The highest BCUT2D eigenvalue weighted by molar-refractivity contribution is 5.73. The van der Waals surface area contributed by atoms with E-state index in [-0.39, 0.29) is 29.4 Å². The van der Waals surface area contributed by atoms with E-state index < -0.39 is 23.3 Å². The van der Waals surface area contributed by atoms with E-state index in [4.69, 9.17) is 4.74 Å². The molecule has 0 spiro atoms. The van der Waals surface area contributed by atoms with Gasteiger partial charge in [-0.05, 0) is 54.5 Å². The number of rotatable bonds is 6. The first-order valence-electron chi connectivity index (χ1n) is 11.4. The van der Waals surface area contributed by atoms with Gasteiger partial charge in [-0.25, -0.2) is 13.2 Å². The fourth-order valence-electron chi connectivity index (χ4n) is 4.42. The van der Waals surface area contributed by atoms with Crippen LogP contribution >= 0.6 is 0 Å². The van der Waals surface area contributed by atoms with Gasteiger partial charge < -0.3 is 4.74 Å². The molecule has 0 N–H and O–H groups in total. The lowest BCUT2D eigenvalue weighted by Gasteiger charge is -2.23. The Morgan fingerprint density at radius 2 is 1.48 bits per heavy atom. The van der Waals surface area contributed by atoms with Crippen molar-refractivity contribution < 1.29 is 22.3 Å². The zero-order valence-electron chi connectivity index (χ0n) is 18.5. The first-order chi connectivity index (χ1) is 16.0. The smallest absolute Gasteiger partial charge is 0.201 e. The average Bonchev–Trinajstić information content (AvgIpc) is 2.84. The first-order valence-corrected chi connectivity index (χ1v) is 11.4. The third-order valence-electron chi connectivity index (χ3n) is 6.21. The van der Waals surface area contributed by atoms with E-state index in [0.29, 0.717) is 16.7 Å². The molecule has 0 radical (unpaired) electrons. The van der Waals surface area contributed by atoms with E-state index >= 15 is 0 Å². The van der Waals surface area contributed by atoms with E-state index in [9.17, 15) is 17.6 Å². The van der Waals surface area contributed by atoms with Crippen molar-refractivity contribution in [1.82, 2.24) is 0 Å². The topological polar surface area (TPSA) is 9.23 Å². The van der Waals surface area contributed by atoms with Crippen LogP contribution < -0.4 is 4.74 Å². The summed E-state index contributed by atoms with van der Waals surface area (Å²) in [4.78, 5) is 0. The van der Waals surface area contributed by atoms with Crippen LogP contribution in [-0.2, 0) is 0 Å². The minimum atomic E-state index is -1.02. The summed E-state index contributed by atoms with van der Waals surface area (Å²) in [6, 6.07) is 13.0. The maximum absolute atomic E-state index is 14.9. The molecule has 0 atom stereocenters. The van der Waals surface area contributed by atoms with E-state index in [1.807, 2.05) is 0 Å². The van der Waals surface area contributed by atoms with Gasteiger partial charge >= 0.3 is 0 Å². The summed E-state index contributed by atoms with van der Waals surface area (Å²) >= 11 is 0. The number of hydrogen-bond donors (Lipinski definition) is 0. The second-order valence-electron chi connectivity index (χ2n) is 8.33. The van der Waals surface area contributed by atoms with Gasteiger partial charge in [0.2, 0.25) is 5.82 Å². The van der Waals surface area contributed by atoms with E-state index in [1.165, 1.54) is 18.2 Å². The zero-order valence-corrected chi connectivity index (χ0v) is 18.5. The number of benzene rings is 3. The standard InChI is InChI=1S/C28H26F4O/c1-2-33-24-17-14-21(25(29)28(24)32)13-10-18-8-11-20(12-9-18)23-16-15-22(26(30)27(23)31)19-6-4-3-5-7-19/h8-17,19H,2-7H2,1H3/b13-10+. The van der Waals surface area contributed by atoms with Crippen LogP contribution in [0.1, 0.15) is 61.6 Å². The van der Waals surface area contributed by atoms with Gasteiger partial charge in [0.05, 0.1) is 6.61 Å². The molecular weight excluding hydrogens is 428 g/mol. The Bertz CT molecular complexity index is 1150. The number of hydrogen-bond acceptors (Lipinski definition) is 1. The maximum atomic E-state index is 14.9. The first kappa shape index (κ1) is 23.1. The molecule has 172 valence electrons. The summed E-state index contributed by atoms with van der Waals surface area (Å²) in [5.41, 5.74) is 2.04. The molecule has 4 rings (SSSR count). The normalized spacial score (nSPS) is 14.7. The van der Waals surface area contributed by atoms with E-state index in [2.05, 4.69) is 0 Å². The molecule has 1 aliphatic carbocycles. The highest BCUT2D eigenvalue weighted by Gasteiger charge is 2.22. The summed E-state index contributed by atoms with van der Waals surface area (Å²) in [6.07, 6.45) is 8.14. The molecule has 1 aliphatic rings. The van der Waals surface area contributed by atoms with E-state index in [1.54, 1.807) is 49.4 Å². The summed E-state index contributed by atoms with van der Waals surface area (Å²) in [7, 11) is 0. The van der Waals surface area contributed by atoms with Gasteiger partial charge in [0.25, 0.3) is 0 Å².